The minimum absolute atomic E-state index is 0.491. The summed E-state index contributed by atoms with van der Waals surface area (Å²) in [6.07, 6.45) is -9.23. The molecule has 0 aliphatic carbocycles. The third-order valence-electron chi connectivity index (χ3n) is 4.58. The van der Waals surface area contributed by atoms with Crippen molar-refractivity contribution in [2.45, 2.75) is 48.9 Å². The van der Waals surface area contributed by atoms with Gasteiger partial charge in [-0.3, -0.25) is 28.7 Å². The van der Waals surface area contributed by atoms with Crippen LogP contribution < -0.4 is 11.2 Å². The van der Waals surface area contributed by atoms with Crippen molar-refractivity contribution in [3.8, 4) is 0 Å². The maximum Gasteiger partial charge on any atom is 0.330 e. The van der Waals surface area contributed by atoms with Crippen LogP contribution in [0.25, 0.3) is 0 Å². The van der Waals surface area contributed by atoms with E-state index in [-0.39, 0.29) is 0 Å². The molecule has 1 aromatic heterocycles. The molecule has 1 fully saturated rings. The van der Waals surface area contributed by atoms with Gasteiger partial charge in [0.15, 0.2) is 11.8 Å². The molecule has 0 spiro atoms. The van der Waals surface area contributed by atoms with E-state index in [9.17, 15) is 44.4 Å². The minimum atomic E-state index is -3.02. The minimum Gasteiger partial charge on any atom is -0.481 e. The molecule has 1 saturated heterocycles. The number of aliphatic hydroxyl groups is 3. The summed E-state index contributed by atoms with van der Waals surface area (Å²) in [5, 5.41) is 59.4. The summed E-state index contributed by atoms with van der Waals surface area (Å²) in [7, 11) is 0. The number of aromatic amines is 1. The topological polar surface area (TPSA) is 237 Å². The number of H-pyrrole nitrogens is 1. The van der Waals surface area contributed by atoms with Crippen LogP contribution in [0.4, 0.5) is 0 Å². The Morgan fingerprint density at radius 1 is 1.07 bits per heavy atom. The fraction of sp³-hybridized carbons (Fsp3) is 0.533. The maximum atomic E-state index is 12.1. The number of ether oxygens (including phenoxy) is 1. The molecule has 1 aliphatic rings. The lowest BCUT2D eigenvalue weighted by atomic mass is 9.73. The van der Waals surface area contributed by atoms with E-state index in [0.29, 0.717) is 4.57 Å². The van der Waals surface area contributed by atoms with Crippen molar-refractivity contribution in [2.75, 3.05) is 0 Å². The molecule has 2 rings (SSSR count). The molecule has 2 heterocycles. The third kappa shape index (κ3) is 4.04. The molecule has 0 bridgehead atoms. The lowest BCUT2D eigenvalue weighted by Gasteiger charge is -2.40. The van der Waals surface area contributed by atoms with Crippen LogP contribution in [0, 0.1) is 0 Å². The molecule has 5 atom stereocenters. The highest BCUT2D eigenvalue weighted by Crippen LogP contribution is 2.50. The van der Waals surface area contributed by atoms with Crippen molar-refractivity contribution in [1.82, 2.24) is 9.55 Å². The van der Waals surface area contributed by atoms with Gasteiger partial charge < -0.3 is 35.4 Å². The summed E-state index contributed by atoms with van der Waals surface area (Å²) in [5.41, 5.74) is -8.08. The van der Waals surface area contributed by atoms with Crippen molar-refractivity contribution < 1.29 is 49.8 Å². The van der Waals surface area contributed by atoms with Crippen LogP contribution in [0.15, 0.2) is 21.9 Å². The van der Waals surface area contributed by atoms with Crippen molar-refractivity contribution in [3.05, 3.63) is 33.1 Å². The first-order valence-electron chi connectivity index (χ1n) is 8.07. The molecule has 0 saturated carbocycles. The first-order chi connectivity index (χ1) is 13.3. The summed E-state index contributed by atoms with van der Waals surface area (Å²) in [4.78, 5) is 58.7. The third-order valence-corrected chi connectivity index (χ3v) is 4.58. The molecule has 1 aromatic rings. The number of carbonyl (C=O) groups is 3. The number of hydrogen-bond donors (Lipinski definition) is 7. The van der Waals surface area contributed by atoms with Gasteiger partial charge in [0, 0.05) is 12.3 Å². The van der Waals surface area contributed by atoms with E-state index in [0.717, 1.165) is 12.3 Å². The van der Waals surface area contributed by atoms with Gasteiger partial charge in [-0.25, -0.2) is 4.79 Å². The van der Waals surface area contributed by atoms with E-state index < -0.39 is 78.1 Å². The molecule has 160 valence electrons. The lowest BCUT2D eigenvalue weighted by molar-refractivity contribution is -0.188. The van der Waals surface area contributed by atoms with E-state index in [1.54, 1.807) is 0 Å². The predicted octanol–water partition coefficient (Wildman–Crippen LogP) is -3.32. The number of carboxylic acids is 3. The SMILES string of the molecule is O=C(O)CC(O)[C@H]1O[C@@H](n2ccc(=O)[nH]c2=O)[C@@](O)(CC(=O)O)[C@@]1(O)CC(=O)O. The Morgan fingerprint density at radius 2 is 1.62 bits per heavy atom. The average Bonchev–Trinajstić information content (AvgIpc) is 2.74. The second-order valence-corrected chi connectivity index (χ2v) is 6.58. The Bertz CT molecular complexity index is 938. The van der Waals surface area contributed by atoms with Crippen LogP contribution >= 0.6 is 0 Å². The molecular formula is C15H18N2O12. The zero-order valence-corrected chi connectivity index (χ0v) is 14.6. The Labute approximate surface area is 160 Å². The second-order valence-electron chi connectivity index (χ2n) is 6.58. The highest BCUT2D eigenvalue weighted by Gasteiger charge is 2.69. The highest BCUT2D eigenvalue weighted by molar-refractivity contribution is 5.72. The summed E-state index contributed by atoms with van der Waals surface area (Å²) < 4.78 is 5.76. The van der Waals surface area contributed by atoms with Gasteiger partial charge in [0.1, 0.15) is 11.7 Å². The fourth-order valence-corrected chi connectivity index (χ4v) is 3.38. The molecular weight excluding hydrogens is 400 g/mol. The first kappa shape index (κ1) is 22.2. The molecule has 29 heavy (non-hydrogen) atoms. The van der Waals surface area contributed by atoms with Crippen LogP contribution in [0.5, 0.6) is 0 Å². The summed E-state index contributed by atoms with van der Waals surface area (Å²) in [6.45, 7) is 0. The number of aliphatic hydroxyl groups excluding tert-OH is 1. The fourth-order valence-electron chi connectivity index (χ4n) is 3.38. The van der Waals surface area contributed by atoms with Crippen molar-refractivity contribution >= 4 is 17.9 Å². The molecule has 1 aliphatic heterocycles. The van der Waals surface area contributed by atoms with Gasteiger partial charge in [0.2, 0.25) is 0 Å². The van der Waals surface area contributed by atoms with Crippen LogP contribution in [0.2, 0.25) is 0 Å². The van der Waals surface area contributed by atoms with Gasteiger partial charge in [0.05, 0.1) is 25.4 Å². The highest BCUT2D eigenvalue weighted by atomic mass is 16.6. The summed E-state index contributed by atoms with van der Waals surface area (Å²) >= 11 is 0. The monoisotopic (exact) mass is 418 g/mol. The molecule has 0 amide bonds. The predicted molar refractivity (Wildman–Crippen MR) is 87.9 cm³/mol. The number of carboxylic acid groups (broad SMARTS) is 3. The molecule has 1 unspecified atom stereocenters. The Morgan fingerprint density at radius 3 is 2.10 bits per heavy atom. The Hall–Kier alpha value is -3.07. The summed E-state index contributed by atoms with van der Waals surface area (Å²) in [6, 6.07) is 0.809. The van der Waals surface area contributed by atoms with Gasteiger partial charge in [-0.05, 0) is 0 Å². The van der Waals surface area contributed by atoms with Crippen molar-refractivity contribution in [2.24, 2.45) is 0 Å². The Balaban J connectivity index is 2.70. The summed E-state index contributed by atoms with van der Waals surface area (Å²) in [5.74, 6) is -5.03. The number of aromatic nitrogens is 2. The zero-order chi connectivity index (χ0) is 22.1. The molecule has 14 nitrogen and oxygen atoms in total. The molecule has 0 radical (unpaired) electrons. The van der Waals surface area contributed by atoms with E-state index in [2.05, 4.69) is 0 Å². The molecule has 14 heteroatoms. The van der Waals surface area contributed by atoms with E-state index in [4.69, 9.17) is 14.9 Å². The van der Waals surface area contributed by atoms with Crippen molar-refractivity contribution in [1.29, 1.82) is 0 Å². The number of aliphatic carboxylic acids is 3. The van der Waals surface area contributed by atoms with E-state index >= 15 is 0 Å². The Kier molecular flexibility index (Phi) is 5.94. The maximum absolute atomic E-state index is 12.1. The van der Waals surface area contributed by atoms with Gasteiger partial charge >= 0.3 is 23.6 Å². The number of nitrogens with one attached hydrogen (secondary N) is 1. The van der Waals surface area contributed by atoms with Gasteiger partial charge in [0.25, 0.3) is 5.56 Å². The lowest BCUT2D eigenvalue weighted by Crippen LogP contribution is -2.62. The average molecular weight is 418 g/mol. The smallest absolute Gasteiger partial charge is 0.330 e. The largest absolute Gasteiger partial charge is 0.481 e. The normalized spacial score (nSPS) is 30.0. The van der Waals surface area contributed by atoms with E-state index in [1.807, 2.05) is 4.98 Å². The molecule has 7 N–H and O–H groups in total. The van der Waals surface area contributed by atoms with E-state index in [1.165, 1.54) is 0 Å². The number of hydrogen-bond acceptors (Lipinski definition) is 9. The number of rotatable bonds is 8. The zero-order valence-electron chi connectivity index (χ0n) is 14.6. The quantitative estimate of drug-likeness (QED) is 0.219. The van der Waals surface area contributed by atoms with Gasteiger partial charge in [-0.2, -0.15) is 0 Å². The van der Waals surface area contributed by atoms with Crippen LogP contribution in [0.3, 0.4) is 0 Å². The van der Waals surface area contributed by atoms with Gasteiger partial charge in [-0.15, -0.1) is 0 Å². The first-order valence-corrected chi connectivity index (χ1v) is 8.07. The van der Waals surface area contributed by atoms with Crippen LogP contribution in [-0.2, 0) is 19.1 Å². The van der Waals surface area contributed by atoms with Crippen molar-refractivity contribution in [3.63, 3.8) is 0 Å². The number of nitrogens with zero attached hydrogens (tertiary/aromatic N) is 1. The van der Waals surface area contributed by atoms with Crippen LogP contribution in [0.1, 0.15) is 25.5 Å². The van der Waals surface area contributed by atoms with Gasteiger partial charge in [-0.1, -0.05) is 0 Å². The van der Waals surface area contributed by atoms with Crippen LogP contribution in [-0.4, -0.2) is 81.5 Å². The second kappa shape index (κ2) is 7.75. The standard InChI is InChI=1S/C15H18N2O12/c18-6(3-8(20)21)11-14(27,4-9(22)23)15(28,5-10(24)25)12(29-11)17-2-1-7(19)16-13(17)26/h1-2,6,11-12,18,27-28H,3-5H2,(H,20,21)(H,22,23)(H,24,25)(H,16,19,26)/t6?,11-,12-,14-,15+/m1/s1. The molecule has 0 aromatic carbocycles.